The maximum absolute atomic E-state index is 10.6. The molecule has 2 nitrogen and oxygen atoms in total. The van der Waals surface area contributed by atoms with Crippen LogP contribution in [0.15, 0.2) is 30.3 Å². The van der Waals surface area contributed by atoms with Crippen molar-refractivity contribution in [3.8, 4) is 0 Å². The van der Waals surface area contributed by atoms with Gasteiger partial charge in [-0.1, -0.05) is 51.1 Å². The number of nitrogens with zero attached hydrogens (tertiary/aromatic N) is 1. The van der Waals surface area contributed by atoms with Gasteiger partial charge in [-0.3, -0.25) is 0 Å². The van der Waals surface area contributed by atoms with E-state index in [9.17, 15) is 5.11 Å². The van der Waals surface area contributed by atoms with Crippen molar-refractivity contribution < 1.29 is 5.11 Å². The Morgan fingerprint density at radius 1 is 1.21 bits per heavy atom. The zero-order valence-corrected chi connectivity index (χ0v) is 12.5. The molecular weight excluding hydrogens is 234 g/mol. The molecule has 1 N–H and O–H groups in total. The molecule has 1 heterocycles. The fourth-order valence-corrected chi connectivity index (χ4v) is 2.97. The monoisotopic (exact) mass is 261 g/mol. The molecule has 0 saturated carbocycles. The zero-order valence-electron chi connectivity index (χ0n) is 12.5. The van der Waals surface area contributed by atoms with Gasteiger partial charge in [-0.05, 0) is 37.4 Å². The Morgan fingerprint density at radius 2 is 1.79 bits per heavy atom. The number of aliphatic hydroxyl groups excluding tert-OH is 1. The molecule has 1 aromatic rings. The van der Waals surface area contributed by atoms with Crippen LogP contribution >= 0.6 is 0 Å². The molecule has 2 rings (SSSR count). The van der Waals surface area contributed by atoms with Gasteiger partial charge in [0.2, 0.25) is 0 Å². The van der Waals surface area contributed by atoms with Gasteiger partial charge in [0.15, 0.2) is 0 Å². The minimum Gasteiger partial charge on any atom is -0.388 e. The van der Waals surface area contributed by atoms with Gasteiger partial charge in [0, 0.05) is 12.0 Å². The molecule has 1 aliphatic rings. The standard InChI is InChI=1S/C17H27NO/c1-14-9-11-18(12-10-14)13-17(2,3)16(19)15-7-5-4-6-8-15/h4-8,14,16,19H,9-13H2,1-3H3. The molecule has 1 aliphatic heterocycles. The minimum atomic E-state index is -0.395. The Morgan fingerprint density at radius 3 is 2.37 bits per heavy atom. The second-order valence-electron chi connectivity index (χ2n) is 6.76. The topological polar surface area (TPSA) is 23.5 Å². The largest absolute Gasteiger partial charge is 0.388 e. The van der Waals surface area contributed by atoms with Gasteiger partial charge in [0.25, 0.3) is 0 Å². The van der Waals surface area contributed by atoms with Crippen molar-refractivity contribution in [3.63, 3.8) is 0 Å². The van der Waals surface area contributed by atoms with Crippen LogP contribution in [0, 0.1) is 11.3 Å². The summed E-state index contributed by atoms with van der Waals surface area (Å²) >= 11 is 0. The first-order valence-electron chi connectivity index (χ1n) is 7.44. The number of rotatable bonds is 4. The van der Waals surface area contributed by atoms with Crippen molar-refractivity contribution in [1.29, 1.82) is 0 Å². The summed E-state index contributed by atoms with van der Waals surface area (Å²) in [7, 11) is 0. The first-order valence-corrected chi connectivity index (χ1v) is 7.44. The van der Waals surface area contributed by atoms with Gasteiger partial charge in [0.05, 0.1) is 6.10 Å². The summed E-state index contributed by atoms with van der Waals surface area (Å²) in [6.07, 6.45) is 2.18. The molecule has 0 spiro atoms. The van der Waals surface area contributed by atoms with Gasteiger partial charge in [-0.2, -0.15) is 0 Å². The van der Waals surface area contributed by atoms with Crippen LogP contribution < -0.4 is 0 Å². The molecule has 1 unspecified atom stereocenters. The lowest BCUT2D eigenvalue weighted by atomic mass is 9.81. The third-order valence-corrected chi connectivity index (χ3v) is 4.36. The highest BCUT2D eigenvalue weighted by Crippen LogP contribution is 2.34. The second kappa shape index (κ2) is 6.06. The SMILES string of the molecule is CC1CCN(CC(C)(C)C(O)c2ccccc2)CC1. The Bertz CT molecular complexity index is 380. The van der Waals surface area contributed by atoms with Crippen LogP contribution in [0.3, 0.4) is 0 Å². The molecule has 0 aliphatic carbocycles. The van der Waals surface area contributed by atoms with Gasteiger partial charge in [0.1, 0.15) is 0 Å². The van der Waals surface area contributed by atoms with E-state index >= 15 is 0 Å². The van der Waals surface area contributed by atoms with Crippen molar-refractivity contribution in [3.05, 3.63) is 35.9 Å². The molecule has 0 radical (unpaired) electrons. The lowest BCUT2D eigenvalue weighted by Gasteiger charge is -2.39. The predicted octanol–water partition coefficient (Wildman–Crippen LogP) is 3.48. The summed E-state index contributed by atoms with van der Waals surface area (Å²) in [5.74, 6) is 0.860. The summed E-state index contributed by atoms with van der Waals surface area (Å²) < 4.78 is 0. The van der Waals surface area contributed by atoms with E-state index < -0.39 is 6.10 Å². The first-order chi connectivity index (χ1) is 8.99. The third-order valence-electron chi connectivity index (χ3n) is 4.36. The van der Waals surface area contributed by atoms with Crippen molar-refractivity contribution in [2.75, 3.05) is 19.6 Å². The maximum atomic E-state index is 10.6. The van der Waals surface area contributed by atoms with E-state index in [2.05, 4.69) is 25.7 Å². The molecule has 2 heteroatoms. The average molecular weight is 261 g/mol. The van der Waals surface area contributed by atoms with Crippen LogP contribution in [0.5, 0.6) is 0 Å². The molecule has 1 atom stereocenters. The number of hydrogen-bond donors (Lipinski definition) is 1. The Kier molecular flexibility index (Phi) is 4.64. The summed E-state index contributed by atoms with van der Waals surface area (Å²) in [6, 6.07) is 10.0. The van der Waals surface area contributed by atoms with Crippen LogP contribution in [0.1, 0.15) is 45.3 Å². The molecule has 1 aromatic carbocycles. The van der Waals surface area contributed by atoms with Crippen molar-refractivity contribution in [2.45, 2.75) is 39.7 Å². The Balaban J connectivity index is 1.97. The highest BCUT2D eigenvalue weighted by Gasteiger charge is 2.32. The fourth-order valence-electron chi connectivity index (χ4n) is 2.97. The smallest absolute Gasteiger partial charge is 0.0853 e. The van der Waals surface area contributed by atoms with Gasteiger partial charge < -0.3 is 10.0 Å². The van der Waals surface area contributed by atoms with Crippen LogP contribution in [-0.4, -0.2) is 29.6 Å². The maximum Gasteiger partial charge on any atom is 0.0853 e. The normalized spacial score (nSPS) is 20.4. The van der Waals surface area contributed by atoms with Crippen LogP contribution in [0.4, 0.5) is 0 Å². The van der Waals surface area contributed by atoms with Gasteiger partial charge in [-0.25, -0.2) is 0 Å². The molecule has 0 aromatic heterocycles. The number of hydrogen-bond acceptors (Lipinski definition) is 2. The van der Waals surface area contributed by atoms with Crippen molar-refractivity contribution >= 4 is 0 Å². The molecule has 0 bridgehead atoms. The molecule has 1 saturated heterocycles. The Hall–Kier alpha value is -0.860. The number of aliphatic hydroxyl groups is 1. The number of piperidine rings is 1. The highest BCUT2D eigenvalue weighted by atomic mass is 16.3. The molecule has 106 valence electrons. The zero-order chi connectivity index (χ0) is 13.9. The highest BCUT2D eigenvalue weighted by molar-refractivity contribution is 5.19. The summed E-state index contributed by atoms with van der Waals surface area (Å²) in [5, 5.41) is 10.6. The first kappa shape index (κ1) is 14.5. The van der Waals surface area contributed by atoms with E-state index in [0.29, 0.717) is 0 Å². The van der Waals surface area contributed by atoms with Crippen molar-refractivity contribution in [2.24, 2.45) is 11.3 Å². The van der Waals surface area contributed by atoms with E-state index in [1.54, 1.807) is 0 Å². The van der Waals surface area contributed by atoms with E-state index in [1.165, 1.54) is 25.9 Å². The third kappa shape index (κ3) is 3.80. The summed E-state index contributed by atoms with van der Waals surface area (Å²) in [4.78, 5) is 2.51. The van der Waals surface area contributed by atoms with Crippen LogP contribution in [0.25, 0.3) is 0 Å². The lowest BCUT2D eigenvalue weighted by molar-refractivity contribution is 0.0127. The van der Waals surface area contributed by atoms with Gasteiger partial charge >= 0.3 is 0 Å². The van der Waals surface area contributed by atoms with E-state index in [-0.39, 0.29) is 5.41 Å². The number of benzene rings is 1. The molecule has 0 amide bonds. The molecule has 19 heavy (non-hydrogen) atoms. The lowest BCUT2D eigenvalue weighted by Crippen LogP contribution is -2.42. The quantitative estimate of drug-likeness (QED) is 0.897. The van der Waals surface area contributed by atoms with E-state index in [0.717, 1.165) is 18.0 Å². The average Bonchev–Trinajstić information content (AvgIpc) is 2.41. The van der Waals surface area contributed by atoms with Crippen LogP contribution in [0.2, 0.25) is 0 Å². The van der Waals surface area contributed by atoms with Gasteiger partial charge in [-0.15, -0.1) is 0 Å². The summed E-state index contributed by atoms with van der Waals surface area (Å²) in [6.45, 7) is 9.99. The molecule has 1 fully saturated rings. The van der Waals surface area contributed by atoms with E-state index in [4.69, 9.17) is 0 Å². The fraction of sp³-hybridized carbons (Fsp3) is 0.647. The predicted molar refractivity (Wildman–Crippen MR) is 80.0 cm³/mol. The van der Waals surface area contributed by atoms with E-state index in [1.807, 2.05) is 30.3 Å². The van der Waals surface area contributed by atoms with Crippen molar-refractivity contribution in [1.82, 2.24) is 4.90 Å². The second-order valence-corrected chi connectivity index (χ2v) is 6.76. The summed E-state index contributed by atoms with van der Waals surface area (Å²) in [5.41, 5.74) is 0.917. The number of likely N-dealkylation sites (tertiary alicyclic amines) is 1. The Labute approximate surface area is 117 Å². The van der Waals surface area contributed by atoms with Crippen LogP contribution in [-0.2, 0) is 0 Å². The minimum absolute atomic E-state index is 0.109. The molecular formula is C17H27NO.